The topological polar surface area (TPSA) is 52.6 Å². The third-order valence-electron chi connectivity index (χ3n) is 4.18. The number of nitrogens with one attached hydrogen (secondary N) is 1. The zero-order valence-electron chi connectivity index (χ0n) is 13.6. The van der Waals surface area contributed by atoms with E-state index in [1.54, 1.807) is 30.3 Å². The molecule has 4 heteroatoms. The molecule has 1 amide bonds. The number of phenols is 1. The second-order valence-corrected chi connectivity index (χ2v) is 6.01. The van der Waals surface area contributed by atoms with Crippen LogP contribution in [0.25, 0.3) is 6.08 Å². The summed E-state index contributed by atoms with van der Waals surface area (Å²) in [5, 5.41) is 12.1. The predicted molar refractivity (Wildman–Crippen MR) is 98.3 cm³/mol. The van der Waals surface area contributed by atoms with Gasteiger partial charge < -0.3 is 15.3 Å². The maximum Gasteiger partial charge on any atom is 0.248 e. The number of amides is 1. The van der Waals surface area contributed by atoms with E-state index < -0.39 is 0 Å². The molecule has 2 N–H and O–H groups in total. The van der Waals surface area contributed by atoms with Crippen LogP contribution in [0.1, 0.15) is 24.8 Å². The first-order chi connectivity index (χ1) is 11.7. The summed E-state index contributed by atoms with van der Waals surface area (Å²) in [6.45, 7) is 2.22. The van der Waals surface area contributed by atoms with Crippen molar-refractivity contribution in [2.75, 3.05) is 23.3 Å². The molecule has 1 saturated heterocycles. The van der Waals surface area contributed by atoms with Crippen molar-refractivity contribution in [3.05, 3.63) is 60.2 Å². The average Bonchev–Trinajstić information content (AvgIpc) is 2.63. The smallest absolute Gasteiger partial charge is 0.248 e. The molecule has 0 radical (unpaired) electrons. The number of anilines is 2. The molecule has 0 atom stereocenters. The van der Waals surface area contributed by atoms with E-state index in [1.807, 2.05) is 12.1 Å². The highest BCUT2D eigenvalue weighted by Crippen LogP contribution is 2.21. The van der Waals surface area contributed by atoms with Gasteiger partial charge in [-0.3, -0.25) is 4.79 Å². The highest BCUT2D eigenvalue weighted by Gasteiger charge is 2.10. The minimum atomic E-state index is -0.172. The number of carbonyl (C=O) groups excluding carboxylic acids is 1. The SMILES string of the molecule is O=C(/C=C/c1ccc(O)cc1)Nc1ccc(N2CCCCC2)cc1. The van der Waals surface area contributed by atoms with Crippen LogP contribution in [-0.4, -0.2) is 24.1 Å². The van der Waals surface area contributed by atoms with Crippen molar-refractivity contribution >= 4 is 23.4 Å². The van der Waals surface area contributed by atoms with Gasteiger partial charge in [-0.05, 0) is 67.3 Å². The first-order valence-corrected chi connectivity index (χ1v) is 8.34. The number of rotatable bonds is 4. The Morgan fingerprint density at radius 2 is 1.62 bits per heavy atom. The fourth-order valence-corrected chi connectivity index (χ4v) is 2.85. The second kappa shape index (κ2) is 7.68. The first kappa shape index (κ1) is 16.1. The summed E-state index contributed by atoms with van der Waals surface area (Å²) in [5.41, 5.74) is 2.87. The minimum absolute atomic E-state index is 0.172. The van der Waals surface area contributed by atoms with E-state index in [0.29, 0.717) is 0 Å². The number of nitrogens with zero attached hydrogens (tertiary/aromatic N) is 1. The van der Waals surface area contributed by atoms with Gasteiger partial charge in [0.1, 0.15) is 5.75 Å². The second-order valence-electron chi connectivity index (χ2n) is 6.01. The minimum Gasteiger partial charge on any atom is -0.508 e. The normalized spacial score (nSPS) is 14.8. The average molecular weight is 322 g/mol. The van der Waals surface area contributed by atoms with E-state index in [1.165, 1.54) is 31.0 Å². The Hall–Kier alpha value is -2.75. The van der Waals surface area contributed by atoms with Crippen LogP contribution in [0.5, 0.6) is 5.75 Å². The zero-order chi connectivity index (χ0) is 16.8. The van der Waals surface area contributed by atoms with Gasteiger partial charge in [-0.25, -0.2) is 0 Å². The van der Waals surface area contributed by atoms with Crippen molar-refractivity contribution in [3.63, 3.8) is 0 Å². The molecule has 0 unspecified atom stereocenters. The Balaban J connectivity index is 1.57. The van der Waals surface area contributed by atoms with E-state index in [2.05, 4.69) is 22.3 Å². The Bertz CT molecular complexity index is 699. The highest BCUT2D eigenvalue weighted by molar-refractivity contribution is 6.02. The van der Waals surface area contributed by atoms with Crippen LogP contribution in [0.3, 0.4) is 0 Å². The predicted octanol–water partition coefficient (Wildman–Crippen LogP) is 4.03. The molecule has 0 aromatic heterocycles. The van der Waals surface area contributed by atoms with Crippen LogP contribution in [-0.2, 0) is 4.79 Å². The van der Waals surface area contributed by atoms with Gasteiger partial charge in [-0.2, -0.15) is 0 Å². The molecule has 0 spiro atoms. The number of phenolic OH excluding ortho intramolecular Hbond substituents is 1. The number of piperidine rings is 1. The van der Waals surface area contributed by atoms with Crippen LogP contribution < -0.4 is 10.2 Å². The molecule has 0 bridgehead atoms. The van der Waals surface area contributed by atoms with Gasteiger partial charge in [-0.1, -0.05) is 12.1 Å². The monoisotopic (exact) mass is 322 g/mol. The summed E-state index contributed by atoms with van der Waals surface area (Å²) in [5.74, 6) is 0.0409. The van der Waals surface area contributed by atoms with Crippen LogP contribution in [0, 0.1) is 0 Å². The van der Waals surface area contributed by atoms with Crippen molar-refractivity contribution in [1.29, 1.82) is 0 Å². The van der Waals surface area contributed by atoms with E-state index in [-0.39, 0.29) is 11.7 Å². The molecule has 24 heavy (non-hydrogen) atoms. The van der Waals surface area contributed by atoms with Crippen molar-refractivity contribution in [2.24, 2.45) is 0 Å². The van der Waals surface area contributed by atoms with Crippen LogP contribution >= 0.6 is 0 Å². The van der Waals surface area contributed by atoms with Gasteiger partial charge in [-0.15, -0.1) is 0 Å². The van der Waals surface area contributed by atoms with E-state index in [0.717, 1.165) is 24.3 Å². The van der Waals surface area contributed by atoms with Crippen molar-refractivity contribution < 1.29 is 9.90 Å². The highest BCUT2D eigenvalue weighted by atomic mass is 16.3. The van der Waals surface area contributed by atoms with Gasteiger partial charge in [0.15, 0.2) is 0 Å². The van der Waals surface area contributed by atoms with E-state index in [9.17, 15) is 9.90 Å². The van der Waals surface area contributed by atoms with Gasteiger partial charge in [0.25, 0.3) is 0 Å². The maximum atomic E-state index is 12.0. The molecule has 1 fully saturated rings. The lowest BCUT2D eigenvalue weighted by Crippen LogP contribution is -2.29. The molecule has 124 valence electrons. The molecule has 0 aliphatic carbocycles. The van der Waals surface area contributed by atoms with Crippen LogP contribution in [0.15, 0.2) is 54.6 Å². The van der Waals surface area contributed by atoms with Gasteiger partial charge in [0.05, 0.1) is 0 Å². The Labute approximate surface area is 142 Å². The lowest BCUT2D eigenvalue weighted by atomic mass is 10.1. The number of benzene rings is 2. The van der Waals surface area contributed by atoms with Crippen LogP contribution in [0.4, 0.5) is 11.4 Å². The molecule has 2 aromatic rings. The van der Waals surface area contributed by atoms with Crippen molar-refractivity contribution in [3.8, 4) is 5.75 Å². The molecular formula is C20H22N2O2. The summed E-state index contributed by atoms with van der Waals surface area (Å²) in [4.78, 5) is 14.4. The van der Waals surface area contributed by atoms with E-state index >= 15 is 0 Å². The molecule has 3 rings (SSSR count). The fourth-order valence-electron chi connectivity index (χ4n) is 2.85. The Morgan fingerprint density at radius 1 is 0.958 bits per heavy atom. The molecule has 4 nitrogen and oxygen atoms in total. The summed E-state index contributed by atoms with van der Waals surface area (Å²) in [6, 6.07) is 14.7. The fraction of sp³-hybridized carbons (Fsp3) is 0.250. The molecule has 1 aliphatic heterocycles. The summed E-state index contributed by atoms with van der Waals surface area (Å²) >= 11 is 0. The van der Waals surface area contributed by atoms with Gasteiger partial charge in [0, 0.05) is 30.5 Å². The van der Waals surface area contributed by atoms with Gasteiger partial charge >= 0.3 is 0 Å². The number of hydrogen-bond donors (Lipinski definition) is 2. The maximum absolute atomic E-state index is 12.0. The number of aromatic hydroxyl groups is 1. The standard InChI is InChI=1S/C20H22N2O2/c23-19-11-4-16(5-12-19)6-13-20(24)21-17-7-9-18(10-8-17)22-14-2-1-3-15-22/h4-13,23H,1-3,14-15H2,(H,21,24)/b13-6+. The van der Waals surface area contributed by atoms with Crippen LogP contribution in [0.2, 0.25) is 0 Å². The largest absolute Gasteiger partial charge is 0.508 e. The molecule has 2 aromatic carbocycles. The zero-order valence-corrected chi connectivity index (χ0v) is 13.6. The summed E-state index contributed by atoms with van der Waals surface area (Å²) in [6.07, 6.45) is 7.03. The first-order valence-electron chi connectivity index (χ1n) is 8.34. The number of hydrogen-bond acceptors (Lipinski definition) is 3. The third kappa shape index (κ3) is 4.38. The molecular weight excluding hydrogens is 300 g/mol. The molecule has 0 saturated carbocycles. The quantitative estimate of drug-likeness (QED) is 0.836. The lowest BCUT2D eigenvalue weighted by molar-refractivity contribution is -0.111. The third-order valence-corrected chi connectivity index (χ3v) is 4.18. The van der Waals surface area contributed by atoms with Gasteiger partial charge in [0.2, 0.25) is 5.91 Å². The number of carbonyl (C=O) groups is 1. The summed E-state index contributed by atoms with van der Waals surface area (Å²) < 4.78 is 0. The van der Waals surface area contributed by atoms with Crippen molar-refractivity contribution in [1.82, 2.24) is 0 Å². The van der Waals surface area contributed by atoms with Crippen molar-refractivity contribution in [2.45, 2.75) is 19.3 Å². The Morgan fingerprint density at radius 3 is 2.29 bits per heavy atom. The molecule has 1 heterocycles. The summed E-state index contributed by atoms with van der Waals surface area (Å²) in [7, 11) is 0. The molecule has 1 aliphatic rings. The lowest BCUT2D eigenvalue weighted by Gasteiger charge is -2.28. The Kier molecular flexibility index (Phi) is 5.16. The van der Waals surface area contributed by atoms with E-state index in [4.69, 9.17) is 0 Å².